The van der Waals surface area contributed by atoms with Gasteiger partial charge in [0, 0.05) is 5.92 Å². The lowest BCUT2D eigenvalue weighted by atomic mass is 9.88. The summed E-state index contributed by atoms with van der Waals surface area (Å²) in [7, 11) is 0. The number of carbonyl (C=O) groups is 1. The van der Waals surface area contributed by atoms with Crippen molar-refractivity contribution >= 4 is 5.78 Å². The van der Waals surface area contributed by atoms with Crippen LogP contribution in [-0.2, 0) is 4.79 Å². The minimum atomic E-state index is -0.294. The first-order chi connectivity index (χ1) is 7.76. The number of nitriles is 1. The van der Waals surface area contributed by atoms with Gasteiger partial charge in [0.25, 0.3) is 0 Å². The van der Waals surface area contributed by atoms with Gasteiger partial charge in [-0.25, -0.2) is 0 Å². The number of carbonyl (C=O) groups excluding carboxylic acids is 1. The van der Waals surface area contributed by atoms with Crippen molar-refractivity contribution in [1.82, 2.24) is 0 Å². The molecular weight excluding hydrogens is 202 g/mol. The number of aliphatic hydroxyl groups is 1. The first-order valence-corrected chi connectivity index (χ1v) is 5.09. The monoisotopic (exact) mass is 213 g/mol. The van der Waals surface area contributed by atoms with Crippen molar-refractivity contribution in [3.8, 4) is 6.07 Å². The third-order valence-corrected chi connectivity index (χ3v) is 2.85. The zero-order valence-corrected chi connectivity index (χ0v) is 8.63. The molecule has 2 rings (SSSR count). The van der Waals surface area contributed by atoms with Crippen molar-refractivity contribution in [3.63, 3.8) is 0 Å². The van der Waals surface area contributed by atoms with E-state index in [0.717, 1.165) is 5.56 Å². The molecule has 3 nitrogen and oxygen atoms in total. The normalized spacial score (nSPS) is 23.4. The standard InChI is InChI=1S/C13H11NO2/c14-7-9-1-3-10(4-2-9)13-11(8-15)5-6-12(13)16/h1-6,11,13,15H,8H2. The second-order valence-corrected chi connectivity index (χ2v) is 3.82. The molecule has 1 aromatic rings. The number of aliphatic hydroxyl groups excluding tert-OH is 1. The van der Waals surface area contributed by atoms with Crippen LogP contribution in [0.25, 0.3) is 0 Å². The number of nitrogens with zero attached hydrogens (tertiary/aromatic N) is 1. The maximum absolute atomic E-state index is 11.6. The maximum atomic E-state index is 11.6. The molecule has 0 saturated heterocycles. The van der Waals surface area contributed by atoms with Crippen molar-refractivity contribution in [2.24, 2.45) is 5.92 Å². The van der Waals surface area contributed by atoms with E-state index in [9.17, 15) is 4.79 Å². The highest BCUT2D eigenvalue weighted by molar-refractivity contribution is 5.98. The average molecular weight is 213 g/mol. The summed E-state index contributed by atoms with van der Waals surface area (Å²) < 4.78 is 0. The molecule has 2 atom stereocenters. The molecular formula is C13H11NO2. The van der Waals surface area contributed by atoms with E-state index in [-0.39, 0.29) is 24.2 Å². The lowest BCUT2D eigenvalue weighted by Gasteiger charge is -2.16. The number of rotatable bonds is 2. The van der Waals surface area contributed by atoms with Gasteiger partial charge in [-0.05, 0) is 23.8 Å². The van der Waals surface area contributed by atoms with Crippen molar-refractivity contribution in [1.29, 1.82) is 5.26 Å². The second-order valence-electron chi connectivity index (χ2n) is 3.82. The maximum Gasteiger partial charge on any atom is 0.163 e. The SMILES string of the molecule is N#Cc1ccc(C2C(=O)C=CC2CO)cc1. The number of hydrogen-bond acceptors (Lipinski definition) is 3. The molecule has 0 saturated carbocycles. The predicted molar refractivity (Wildman–Crippen MR) is 58.6 cm³/mol. The molecule has 3 heteroatoms. The lowest BCUT2D eigenvalue weighted by molar-refractivity contribution is -0.116. The van der Waals surface area contributed by atoms with Gasteiger partial charge in [-0.1, -0.05) is 18.2 Å². The average Bonchev–Trinajstić information content (AvgIpc) is 2.70. The van der Waals surface area contributed by atoms with Crippen LogP contribution in [0.1, 0.15) is 17.0 Å². The molecule has 16 heavy (non-hydrogen) atoms. The minimum Gasteiger partial charge on any atom is -0.396 e. The molecule has 0 radical (unpaired) electrons. The van der Waals surface area contributed by atoms with Gasteiger partial charge in [0.15, 0.2) is 5.78 Å². The molecule has 0 fully saturated rings. The summed E-state index contributed by atoms with van der Waals surface area (Å²) in [6, 6.07) is 8.96. The molecule has 1 N–H and O–H groups in total. The molecule has 1 aliphatic rings. The van der Waals surface area contributed by atoms with Crippen LogP contribution in [0.15, 0.2) is 36.4 Å². The Hall–Kier alpha value is -1.92. The zero-order chi connectivity index (χ0) is 11.5. The number of benzene rings is 1. The van der Waals surface area contributed by atoms with Crippen molar-refractivity contribution in [2.45, 2.75) is 5.92 Å². The topological polar surface area (TPSA) is 61.1 Å². The highest BCUT2D eigenvalue weighted by Gasteiger charge is 2.30. The summed E-state index contributed by atoms with van der Waals surface area (Å²) in [5.74, 6) is -0.415. The van der Waals surface area contributed by atoms with Crippen LogP contribution in [0, 0.1) is 17.2 Å². The molecule has 0 bridgehead atoms. The van der Waals surface area contributed by atoms with Gasteiger partial charge in [0.1, 0.15) is 0 Å². The molecule has 1 aliphatic carbocycles. The first kappa shape index (κ1) is 10.6. The Morgan fingerprint density at radius 2 is 2.00 bits per heavy atom. The van der Waals surface area contributed by atoms with Crippen LogP contribution in [0.4, 0.5) is 0 Å². The van der Waals surface area contributed by atoms with Gasteiger partial charge in [-0.3, -0.25) is 4.79 Å². The van der Waals surface area contributed by atoms with Crippen LogP contribution in [-0.4, -0.2) is 17.5 Å². The van der Waals surface area contributed by atoms with Crippen molar-refractivity contribution in [2.75, 3.05) is 6.61 Å². The Kier molecular flexibility index (Phi) is 2.84. The molecule has 0 aliphatic heterocycles. The second kappa shape index (κ2) is 4.30. The van der Waals surface area contributed by atoms with Gasteiger partial charge in [-0.2, -0.15) is 5.26 Å². The Bertz CT molecular complexity index is 468. The molecule has 0 heterocycles. The fraction of sp³-hybridized carbons (Fsp3) is 0.231. The summed E-state index contributed by atoms with van der Waals surface area (Å²) in [6.45, 7) is -0.0348. The van der Waals surface area contributed by atoms with E-state index in [2.05, 4.69) is 0 Å². The van der Waals surface area contributed by atoms with Crippen molar-refractivity contribution in [3.05, 3.63) is 47.5 Å². The Morgan fingerprint density at radius 1 is 1.31 bits per heavy atom. The number of hydrogen-bond donors (Lipinski definition) is 1. The Balaban J connectivity index is 2.30. The zero-order valence-electron chi connectivity index (χ0n) is 8.63. The van der Waals surface area contributed by atoms with E-state index in [1.807, 2.05) is 6.07 Å². The van der Waals surface area contributed by atoms with Gasteiger partial charge < -0.3 is 5.11 Å². The van der Waals surface area contributed by atoms with Crippen LogP contribution < -0.4 is 0 Å². The molecule has 2 unspecified atom stereocenters. The van der Waals surface area contributed by atoms with Crippen LogP contribution in [0.5, 0.6) is 0 Å². The molecule has 80 valence electrons. The summed E-state index contributed by atoms with van der Waals surface area (Å²) in [6.07, 6.45) is 3.26. The molecule has 0 spiro atoms. The quantitative estimate of drug-likeness (QED) is 0.807. The first-order valence-electron chi connectivity index (χ1n) is 5.09. The van der Waals surface area contributed by atoms with E-state index < -0.39 is 0 Å². The Morgan fingerprint density at radius 3 is 2.56 bits per heavy atom. The highest BCUT2D eigenvalue weighted by atomic mass is 16.3. The van der Waals surface area contributed by atoms with Crippen molar-refractivity contribution < 1.29 is 9.90 Å². The number of ketones is 1. The molecule has 0 amide bonds. The summed E-state index contributed by atoms with van der Waals surface area (Å²) in [5, 5.41) is 17.8. The van der Waals surface area contributed by atoms with Crippen LogP contribution in [0.3, 0.4) is 0 Å². The van der Waals surface area contributed by atoms with E-state index >= 15 is 0 Å². The van der Waals surface area contributed by atoms with Gasteiger partial charge in [-0.15, -0.1) is 0 Å². The third-order valence-electron chi connectivity index (χ3n) is 2.85. The van der Waals surface area contributed by atoms with E-state index in [1.54, 1.807) is 30.3 Å². The van der Waals surface area contributed by atoms with Gasteiger partial charge >= 0.3 is 0 Å². The fourth-order valence-electron chi connectivity index (χ4n) is 1.99. The third kappa shape index (κ3) is 1.75. The largest absolute Gasteiger partial charge is 0.396 e. The van der Waals surface area contributed by atoms with E-state index in [1.165, 1.54) is 6.08 Å². The number of allylic oxidation sites excluding steroid dienone is 1. The van der Waals surface area contributed by atoms with Crippen LogP contribution >= 0.6 is 0 Å². The smallest absolute Gasteiger partial charge is 0.163 e. The predicted octanol–water partition coefficient (Wildman–Crippen LogP) is 1.39. The van der Waals surface area contributed by atoms with E-state index in [0.29, 0.717) is 5.56 Å². The van der Waals surface area contributed by atoms with E-state index in [4.69, 9.17) is 10.4 Å². The summed E-state index contributed by atoms with van der Waals surface area (Å²) >= 11 is 0. The summed E-state index contributed by atoms with van der Waals surface area (Å²) in [5.41, 5.74) is 1.43. The lowest BCUT2D eigenvalue weighted by Crippen LogP contribution is -2.16. The Labute approximate surface area is 93.6 Å². The van der Waals surface area contributed by atoms with Gasteiger partial charge in [0.2, 0.25) is 0 Å². The molecule has 0 aromatic heterocycles. The van der Waals surface area contributed by atoms with Crippen LogP contribution in [0.2, 0.25) is 0 Å². The minimum absolute atomic E-state index is 0.0174. The highest BCUT2D eigenvalue weighted by Crippen LogP contribution is 2.31. The fourth-order valence-corrected chi connectivity index (χ4v) is 1.99. The van der Waals surface area contributed by atoms with Gasteiger partial charge in [0.05, 0.1) is 24.2 Å². The summed E-state index contributed by atoms with van der Waals surface area (Å²) in [4.78, 5) is 11.6. The molecule has 1 aromatic carbocycles.